The van der Waals surface area contributed by atoms with Gasteiger partial charge in [-0.1, -0.05) is 42.5 Å². The van der Waals surface area contributed by atoms with E-state index in [1.54, 1.807) is 18.2 Å². The summed E-state index contributed by atoms with van der Waals surface area (Å²) in [5.41, 5.74) is 1.47. The predicted molar refractivity (Wildman–Crippen MR) is 99.2 cm³/mol. The van der Waals surface area contributed by atoms with Crippen molar-refractivity contribution >= 4 is 17.5 Å². The molecule has 2 amide bonds. The maximum absolute atomic E-state index is 13.9. The predicted octanol–water partition coefficient (Wildman–Crippen LogP) is 3.32. The van der Waals surface area contributed by atoms with Crippen molar-refractivity contribution in [2.45, 2.75) is 32.2 Å². The molecule has 0 saturated carbocycles. The number of benzene rings is 2. The molecule has 1 N–H and O–H groups in total. The molecule has 26 heavy (non-hydrogen) atoms. The number of hydrogen-bond acceptors (Lipinski definition) is 2. The van der Waals surface area contributed by atoms with Crippen molar-refractivity contribution in [1.82, 2.24) is 5.32 Å². The fourth-order valence-electron chi connectivity index (χ4n) is 3.25. The van der Waals surface area contributed by atoms with Gasteiger partial charge in [0.2, 0.25) is 11.8 Å². The molecule has 2 aromatic carbocycles. The summed E-state index contributed by atoms with van der Waals surface area (Å²) in [7, 11) is 0. The maximum atomic E-state index is 13.9. The Kier molecular flexibility index (Phi) is 5.66. The number of carbonyl (C=O) groups is 2. The molecule has 1 fully saturated rings. The number of nitrogens with zero attached hydrogens (tertiary/aromatic N) is 1. The molecule has 0 unspecified atom stereocenters. The summed E-state index contributed by atoms with van der Waals surface area (Å²) in [4.78, 5) is 26.1. The van der Waals surface area contributed by atoms with E-state index in [2.05, 4.69) is 17.4 Å². The Bertz CT molecular complexity index is 779. The lowest BCUT2D eigenvalue weighted by Gasteiger charge is -2.19. The molecule has 1 saturated heterocycles. The molecule has 0 radical (unpaired) electrons. The highest BCUT2D eigenvalue weighted by Crippen LogP contribution is 2.27. The SMILES string of the molecule is C[C@H](CCc1ccccc1)NC(=O)[C@H]1CC(=O)N(c2ccccc2F)C1. The summed E-state index contributed by atoms with van der Waals surface area (Å²) >= 11 is 0. The number of para-hydroxylation sites is 1. The van der Waals surface area contributed by atoms with E-state index in [1.165, 1.54) is 16.5 Å². The van der Waals surface area contributed by atoms with Gasteiger partial charge in [-0.2, -0.15) is 0 Å². The standard InChI is InChI=1S/C21H23FN2O2/c1-15(11-12-16-7-3-2-4-8-16)23-21(26)17-13-20(25)24(14-17)19-10-6-5-9-18(19)22/h2-10,15,17H,11-14H2,1H3,(H,23,26)/t15-,17+/m1/s1. The van der Waals surface area contributed by atoms with Gasteiger partial charge in [-0.05, 0) is 37.5 Å². The van der Waals surface area contributed by atoms with Gasteiger partial charge < -0.3 is 10.2 Å². The van der Waals surface area contributed by atoms with Crippen LogP contribution in [0, 0.1) is 11.7 Å². The zero-order valence-electron chi connectivity index (χ0n) is 14.8. The van der Waals surface area contributed by atoms with Crippen LogP contribution >= 0.6 is 0 Å². The van der Waals surface area contributed by atoms with Gasteiger partial charge in [0, 0.05) is 19.0 Å². The molecule has 2 aromatic rings. The van der Waals surface area contributed by atoms with Gasteiger partial charge in [-0.25, -0.2) is 4.39 Å². The minimum Gasteiger partial charge on any atom is -0.353 e. The minimum atomic E-state index is -0.446. The number of aryl methyl sites for hydroxylation is 1. The molecule has 3 rings (SSSR count). The van der Waals surface area contributed by atoms with Crippen molar-refractivity contribution in [3.63, 3.8) is 0 Å². The lowest BCUT2D eigenvalue weighted by Crippen LogP contribution is -2.38. The molecular formula is C21H23FN2O2. The van der Waals surface area contributed by atoms with Crippen molar-refractivity contribution in [3.8, 4) is 0 Å². The first-order valence-electron chi connectivity index (χ1n) is 8.94. The number of nitrogens with one attached hydrogen (secondary N) is 1. The third-order valence-corrected chi connectivity index (χ3v) is 4.74. The van der Waals surface area contributed by atoms with Gasteiger partial charge in [0.1, 0.15) is 5.82 Å². The Balaban J connectivity index is 1.54. The van der Waals surface area contributed by atoms with Crippen LogP contribution in [0.2, 0.25) is 0 Å². The first kappa shape index (κ1) is 18.1. The van der Waals surface area contributed by atoms with Crippen molar-refractivity contribution in [3.05, 3.63) is 66.0 Å². The zero-order valence-corrected chi connectivity index (χ0v) is 14.8. The van der Waals surface area contributed by atoms with E-state index >= 15 is 0 Å². The summed E-state index contributed by atoms with van der Waals surface area (Å²) in [5.74, 6) is -1.25. The molecule has 136 valence electrons. The van der Waals surface area contributed by atoms with Crippen LogP contribution in [0.1, 0.15) is 25.3 Å². The smallest absolute Gasteiger partial charge is 0.227 e. The van der Waals surface area contributed by atoms with Crippen LogP contribution in [-0.4, -0.2) is 24.4 Å². The highest BCUT2D eigenvalue weighted by atomic mass is 19.1. The lowest BCUT2D eigenvalue weighted by molar-refractivity contribution is -0.126. The number of anilines is 1. The average molecular weight is 354 g/mol. The Morgan fingerprint density at radius 3 is 2.62 bits per heavy atom. The van der Waals surface area contributed by atoms with Crippen LogP contribution in [0.15, 0.2) is 54.6 Å². The first-order valence-corrected chi connectivity index (χ1v) is 8.94. The van der Waals surface area contributed by atoms with E-state index in [0.717, 1.165) is 12.8 Å². The van der Waals surface area contributed by atoms with Gasteiger partial charge in [0.25, 0.3) is 0 Å². The van der Waals surface area contributed by atoms with E-state index in [4.69, 9.17) is 0 Å². The molecule has 2 atom stereocenters. The second-order valence-corrected chi connectivity index (χ2v) is 6.79. The van der Waals surface area contributed by atoms with Crippen LogP contribution in [0.5, 0.6) is 0 Å². The van der Waals surface area contributed by atoms with Crippen molar-refractivity contribution in [1.29, 1.82) is 0 Å². The summed E-state index contributed by atoms with van der Waals surface area (Å²) in [6.07, 6.45) is 1.83. The Morgan fingerprint density at radius 2 is 1.88 bits per heavy atom. The van der Waals surface area contributed by atoms with Crippen LogP contribution in [-0.2, 0) is 16.0 Å². The number of carbonyl (C=O) groups excluding carboxylic acids is 2. The number of rotatable bonds is 6. The molecule has 1 aliphatic heterocycles. The van der Waals surface area contributed by atoms with E-state index in [0.29, 0.717) is 0 Å². The van der Waals surface area contributed by atoms with E-state index in [-0.39, 0.29) is 36.5 Å². The van der Waals surface area contributed by atoms with Gasteiger partial charge in [-0.3, -0.25) is 9.59 Å². The fraction of sp³-hybridized carbons (Fsp3) is 0.333. The second kappa shape index (κ2) is 8.13. The molecule has 4 nitrogen and oxygen atoms in total. The molecule has 5 heteroatoms. The summed E-state index contributed by atoms with van der Waals surface area (Å²) in [6.45, 7) is 2.18. The molecule has 0 spiro atoms. The lowest BCUT2D eigenvalue weighted by atomic mass is 10.0. The van der Waals surface area contributed by atoms with Gasteiger partial charge in [-0.15, -0.1) is 0 Å². The fourth-order valence-corrected chi connectivity index (χ4v) is 3.25. The number of amides is 2. The topological polar surface area (TPSA) is 49.4 Å². The highest BCUT2D eigenvalue weighted by molar-refractivity contribution is 6.00. The third-order valence-electron chi connectivity index (χ3n) is 4.74. The average Bonchev–Trinajstić information content (AvgIpc) is 3.03. The quantitative estimate of drug-likeness (QED) is 0.865. The number of halogens is 1. The Labute approximate surface area is 153 Å². The van der Waals surface area contributed by atoms with Crippen molar-refractivity contribution in [2.24, 2.45) is 5.92 Å². The molecule has 1 aliphatic rings. The monoisotopic (exact) mass is 354 g/mol. The summed E-state index contributed by atoms with van der Waals surface area (Å²) in [6, 6.07) is 16.3. The Morgan fingerprint density at radius 1 is 1.19 bits per heavy atom. The van der Waals surface area contributed by atoms with Crippen LogP contribution < -0.4 is 10.2 Å². The first-order chi connectivity index (χ1) is 12.5. The second-order valence-electron chi connectivity index (χ2n) is 6.79. The summed E-state index contributed by atoms with van der Waals surface area (Å²) < 4.78 is 13.9. The van der Waals surface area contributed by atoms with E-state index in [1.807, 2.05) is 25.1 Å². The highest BCUT2D eigenvalue weighted by Gasteiger charge is 2.36. The minimum absolute atomic E-state index is 0.0142. The van der Waals surface area contributed by atoms with Crippen molar-refractivity contribution in [2.75, 3.05) is 11.4 Å². The maximum Gasteiger partial charge on any atom is 0.227 e. The van der Waals surface area contributed by atoms with Gasteiger partial charge >= 0.3 is 0 Å². The summed E-state index contributed by atoms with van der Waals surface area (Å²) in [5, 5.41) is 2.99. The van der Waals surface area contributed by atoms with Crippen molar-refractivity contribution < 1.29 is 14.0 Å². The van der Waals surface area contributed by atoms with Crippen LogP contribution in [0.25, 0.3) is 0 Å². The van der Waals surface area contributed by atoms with Crippen LogP contribution in [0.4, 0.5) is 10.1 Å². The number of hydrogen-bond donors (Lipinski definition) is 1. The largest absolute Gasteiger partial charge is 0.353 e. The van der Waals surface area contributed by atoms with Gasteiger partial charge in [0.15, 0.2) is 0 Å². The molecule has 1 heterocycles. The molecule has 0 aliphatic carbocycles. The zero-order chi connectivity index (χ0) is 18.5. The van der Waals surface area contributed by atoms with Gasteiger partial charge in [0.05, 0.1) is 11.6 Å². The normalized spacial score (nSPS) is 18.0. The molecule has 0 aromatic heterocycles. The molecular weight excluding hydrogens is 331 g/mol. The third kappa shape index (κ3) is 4.28. The Hall–Kier alpha value is -2.69. The molecule has 0 bridgehead atoms. The van der Waals surface area contributed by atoms with E-state index < -0.39 is 11.7 Å². The van der Waals surface area contributed by atoms with Crippen LogP contribution in [0.3, 0.4) is 0 Å². The van der Waals surface area contributed by atoms with E-state index in [9.17, 15) is 14.0 Å².